The van der Waals surface area contributed by atoms with E-state index in [2.05, 4.69) is 15.6 Å². The van der Waals surface area contributed by atoms with Crippen molar-refractivity contribution in [3.63, 3.8) is 0 Å². The summed E-state index contributed by atoms with van der Waals surface area (Å²) in [6.45, 7) is 4.02. The van der Waals surface area contributed by atoms with Gasteiger partial charge in [0.15, 0.2) is 0 Å². The maximum absolute atomic E-state index is 13.4. The van der Waals surface area contributed by atoms with Gasteiger partial charge >= 0.3 is 19.7 Å². The van der Waals surface area contributed by atoms with Gasteiger partial charge in [0.1, 0.15) is 30.2 Å². The van der Waals surface area contributed by atoms with Crippen molar-refractivity contribution in [3.05, 3.63) is 65.7 Å². The highest BCUT2D eigenvalue weighted by molar-refractivity contribution is 7.60. The van der Waals surface area contributed by atoms with Crippen molar-refractivity contribution in [1.82, 2.24) is 20.5 Å². The number of fused-ring (bicyclic) bond motifs is 1. The van der Waals surface area contributed by atoms with Crippen LogP contribution in [0, 0.1) is 5.92 Å². The molecule has 3 atom stereocenters. The third kappa shape index (κ3) is 8.04. The number of amides is 3. The molecule has 1 aliphatic heterocycles. The maximum Gasteiger partial charge on any atom is 0.410 e. The van der Waals surface area contributed by atoms with E-state index in [0.29, 0.717) is 30.3 Å². The van der Waals surface area contributed by atoms with Gasteiger partial charge in [0.05, 0.1) is 0 Å². The van der Waals surface area contributed by atoms with Crippen LogP contribution in [-0.4, -0.2) is 73.3 Å². The van der Waals surface area contributed by atoms with Crippen LogP contribution in [0.3, 0.4) is 0 Å². The van der Waals surface area contributed by atoms with E-state index in [-0.39, 0.29) is 24.5 Å². The number of ether oxygens (including phenoxy) is 1. The van der Waals surface area contributed by atoms with Crippen LogP contribution in [0.25, 0.3) is 10.9 Å². The van der Waals surface area contributed by atoms with E-state index < -0.39 is 61.5 Å². The van der Waals surface area contributed by atoms with Crippen LogP contribution in [-0.2, 0) is 36.7 Å². The summed E-state index contributed by atoms with van der Waals surface area (Å²) < 4.78 is 17.6. The number of rotatable bonds is 12. The predicted molar refractivity (Wildman–Crippen MR) is 161 cm³/mol. The number of aromatic nitrogens is 1. The number of H-pyrrole nitrogens is 1. The minimum Gasteiger partial charge on any atom is -0.480 e. The molecule has 14 heteroatoms. The van der Waals surface area contributed by atoms with Gasteiger partial charge in [-0.25, -0.2) is 9.59 Å². The number of aliphatic carboxylic acids is 1. The zero-order valence-electron chi connectivity index (χ0n) is 24.4. The Morgan fingerprint density at radius 2 is 1.70 bits per heavy atom. The fourth-order valence-corrected chi connectivity index (χ4v) is 6.18. The Kier molecular flexibility index (Phi) is 10.5. The van der Waals surface area contributed by atoms with Crippen molar-refractivity contribution in [3.8, 4) is 0 Å². The average Bonchev–Trinajstić information content (AvgIpc) is 3.61. The normalized spacial score (nSPS) is 16.5. The molecule has 0 bridgehead atoms. The molecular formula is C30H37N4O9P. The van der Waals surface area contributed by atoms with Gasteiger partial charge in [-0.2, -0.15) is 0 Å². The van der Waals surface area contributed by atoms with E-state index in [0.717, 1.165) is 5.56 Å². The topological polar surface area (TPSA) is 198 Å². The first-order valence-corrected chi connectivity index (χ1v) is 15.9. The van der Waals surface area contributed by atoms with Crippen molar-refractivity contribution in [1.29, 1.82) is 0 Å². The van der Waals surface area contributed by atoms with Crippen LogP contribution in [0.2, 0.25) is 0 Å². The molecule has 1 aromatic heterocycles. The van der Waals surface area contributed by atoms with Crippen molar-refractivity contribution < 1.29 is 43.4 Å². The Bertz CT molecular complexity index is 1550. The highest BCUT2D eigenvalue weighted by atomic mass is 31.2. The number of nitrogens with zero attached hydrogens (tertiary/aromatic N) is 1. The lowest BCUT2D eigenvalue weighted by molar-refractivity contribution is -0.142. The molecule has 4 rings (SSSR count). The van der Waals surface area contributed by atoms with E-state index in [4.69, 9.17) is 4.74 Å². The molecule has 1 aliphatic rings. The van der Waals surface area contributed by atoms with Crippen molar-refractivity contribution in [2.45, 2.75) is 64.3 Å². The fourth-order valence-electron chi connectivity index (χ4n) is 5.35. The van der Waals surface area contributed by atoms with E-state index in [1.54, 1.807) is 24.3 Å². The van der Waals surface area contributed by atoms with Crippen LogP contribution in [0.1, 0.15) is 44.2 Å². The molecule has 13 nitrogen and oxygen atoms in total. The minimum absolute atomic E-state index is 0.0413. The fraction of sp³-hybridized carbons (Fsp3) is 0.400. The summed E-state index contributed by atoms with van der Waals surface area (Å²) in [6, 6.07) is 12.1. The highest BCUT2D eigenvalue weighted by Crippen LogP contribution is 2.37. The molecule has 3 aromatic rings. The Balaban J connectivity index is 1.47. The lowest BCUT2D eigenvalue weighted by Gasteiger charge is -2.27. The zero-order chi connectivity index (χ0) is 32.0. The summed E-state index contributed by atoms with van der Waals surface area (Å²) in [6.07, 6.45) is 0.0359. The Morgan fingerprint density at radius 1 is 1.02 bits per heavy atom. The Labute approximate surface area is 254 Å². The summed E-state index contributed by atoms with van der Waals surface area (Å²) in [5, 5.41) is 15.5. The van der Waals surface area contributed by atoms with Gasteiger partial charge in [-0.15, -0.1) is 0 Å². The Morgan fingerprint density at radius 3 is 2.36 bits per heavy atom. The lowest BCUT2D eigenvalue weighted by atomic mass is 10.0. The largest absolute Gasteiger partial charge is 0.480 e. The van der Waals surface area contributed by atoms with Gasteiger partial charge in [-0.05, 0) is 42.4 Å². The summed E-state index contributed by atoms with van der Waals surface area (Å²) in [4.78, 5) is 75.7. The smallest absolute Gasteiger partial charge is 0.410 e. The van der Waals surface area contributed by atoms with Gasteiger partial charge in [0.2, 0.25) is 11.8 Å². The monoisotopic (exact) mass is 628 g/mol. The quantitative estimate of drug-likeness (QED) is 0.163. The minimum atomic E-state index is -4.82. The van der Waals surface area contributed by atoms with Crippen molar-refractivity contribution in [2.75, 3.05) is 6.54 Å². The summed E-state index contributed by atoms with van der Waals surface area (Å²) >= 11 is 0. The van der Waals surface area contributed by atoms with Crippen LogP contribution in [0.4, 0.5) is 4.79 Å². The van der Waals surface area contributed by atoms with E-state index in [1.807, 2.05) is 44.2 Å². The summed E-state index contributed by atoms with van der Waals surface area (Å²) in [7, 11) is -4.82. The molecule has 0 radical (unpaired) electrons. The number of para-hydroxylation sites is 1. The molecule has 0 aliphatic carbocycles. The van der Waals surface area contributed by atoms with E-state index >= 15 is 0 Å². The van der Waals surface area contributed by atoms with Gasteiger partial charge in [-0.1, -0.05) is 62.4 Å². The van der Waals surface area contributed by atoms with Gasteiger partial charge < -0.3 is 35.2 Å². The zero-order valence-corrected chi connectivity index (χ0v) is 25.3. The second-order valence-corrected chi connectivity index (χ2v) is 12.8. The molecular weight excluding hydrogens is 591 g/mol. The number of benzene rings is 2. The van der Waals surface area contributed by atoms with Crippen molar-refractivity contribution >= 4 is 47.8 Å². The van der Waals surface area contributed by atoms with Gasteiger partial charge in [-0.3, -0.25) is 19.1 Å². The van der Waals surface area contributed by atoms with Crippen LogP contribution < -0.4 is 16.1 Å². The number of nitrogens with one attached hydrogen (secondary N) is 3. The first-order valence-electron chi connectivity index (χ1n) is 14.3. The number of carbonyl (C=O) groups is 4. The number of likely N-dealkylation sites (tertiary alicyclic amines) is 1. The number of carbonyl (C=O) groups excluding carboxylic acids is 3. The van der Waals surface area contributed by atoms with Crippen LogP contribution in [0.5, 0.6) is 0 Å². The second kappa shape index (κ2) is 14.1. The van der Waals surface area contributed by atoms with Gasteiger partial charge in [0, 0.05) is 23.9 Å². The number of hydrogen-bond donors (Lipinski definition) is 6. The third-order valence-electron chi connectivity index (χ3n) is 7.44. The molecule has 1 saturated heterocycles. The number of aromatic amines is 1. The Hall–Kier alpha value is -4.19. The molecule has 2 heterocycles. The number of carboxylic acids is 1. The average molecular weight is 629 g/mol. The standard InChI is InChI=1S/C30H37N4O9P/c1-18(2)15-23(31-27(36)25-13-8-14-34(25)30(39)43-17-19-9-4-3-5-10-19)26(35)32-24(29(37)38)16-21-20-11-6-7-12-22(20)33-28(21)44(40,41)42/h3-7,9-12,18,23-25,33H,8,13-17H2,1-2H3,(H,31,36)(H,32,35)(H,37,38)(H2,40,41,42)/t23-,24-,25-/m0/s1. The summed E-state index contributed by atoms with van der Waals surface area (Å²) in [5.74, 6) is -2.82. The molecule has 3 amide bonds. The molecule has 44 heavy (non-hydrogen) atoms. The SMILES string of the molecule is CC(C)C[C@H](NC(=O)[C@@H]1CCCN1C(=O)OCc1ccccc1)C(=O)N[C@@H](Cc1c(P(=O)(O)O)[nH]c2ccccc12)C(=O)O. The van der Waals surface area contributed by atoms with E-state index in [9.17, 15) is 38.6 Å². The predicted octanol–water partition coefficient (Wildman–Crippen LogP) is 2.41. The van der Waals surface area contributed by atoms with Crippen LogP contribution in [0.15, 0.2) is 54.6 Å². The molecule has 0 unspecified atom stereocenters. The maximum atomic E-state index is 13.4. The summed E-state index contributed by atoms with van der Waals surface area (Å²) in [5.41, 5.74) is 0.848. The highest BCUT2D eigenvalue weighted by Gasteiger charge is 2.38. The molecule has 1 fully saturated rings. The molecule has 0 saturated carbocycles. The lowest BCUT2D eigenvalue weighted by Crippen LogP contribution is -2.56. The molecule has 236 valence electrons. The second-order valence-electron chi connectivity index (χ2n) is 11.2. The first kappa shape index (κ1) is 32.7. The molecule has 0 spiro atoms. The molecule has 6 N–H and O–H groups in total. The number of carboxylic acid groups (broad SMARTS) is 1. The van der Waals surface area contributed by atoms with Crippen molar-refractivity contribution in [2.24, 2.45) is 5.92 Å². The van der Waals surface area contributed by atoms with E-state index in [1.165, 1.54) is 4.90 Å². The third-order valence-corrected chi connectivity index (χ3v) is 8.40. The molecule has 2 aromatic carbocycles. The number of hydrogen-bond acceptors (Lipinski definition) is 6. The van der Waals surface area contributed by atoms with Crippen LogP contribution >= 0.6 is 7.60 Å². The van der Waals surface area contributed by atoms with Gasteiger partial charge in [0.25, 0.3) is 0 Å². The first-order chi connectivity index (χ1) is 20.8.